The van der Waals surface area contributed by atoms with Gasteiger partial charge in [-0.05, 0) is 0 Å². The molecule has 1 saturated heterocycles. The van der Waals surface area contributed by atoms with Gasteiger partial charge in [0.1, 0.15) is 20.4 Å². The highest BCUT2D eigenvalue weighted by Crippen LogP contribution is 2.29. The molecule has 0 N–H and O–H groups in total. The Bertz CT molecular complexity index is 181. The molecule has 0 amide bonds. The Labute approximate surface area is 80.4 Å². The third-order valence-corrected chi connectivity index (χ3v) is 9.26. The molecule has 1 rings (SSSR count). The van der Waals surface area contributed by atoms with Crippen molar-refractivity contribution in [1.82, 2.24) is 0 Å². The van der Waals surface area contributed by atoms with E-state index in [2.05, 4.69) is 20.8 Å². The molecule has 1 fully saturated rings. The van der Waals surface area contributed by atoms with Crippen LogP contribution in [0.15, 0.2) is 0 Å². The van der Waals surface area contributed by atoms with Crippen LogP contribution in [-0.4, -0.2) is 26.6 Å². The highest BCUT2D eigenvalue weighted by atomic mass is 28.3. The molecule has 3 nitrogen and oxygen atoms in total. The maximum absolute atomic E-state index is 10.8. The first-order chi connectivity index (χ1) is 6.18. The Morgan fingerprint density at radius 1 is 1.31 bits per heavy atom. The van der Waals surface area contributed by atoms with Gasteiger partial charge in [0.15, 0.2) is 0 Å². The normalized spacial score (nSPS) is 22.7. The Kier molecular flexibility index (Phi) is 3.36. The van der Waals surface area contributed by atoms with Crippen LogP contribution in [0.1, 0.15) is 20.8 Å². The van der Waals surface area contributed by atoms with E-state index in [4.69, 9.17) is 9.47 Å². The quantitative estimate of drug-likeness (QED) is 0.519. The van der Waals surface area contributed by atoms with Crippen molar-refractivity contribution >= 4 is 14.2 Å². The average Bonchev–Trinajstić information content (AvgIpc) is 2.57. The lowest BCUT2D eigenvalue weighted by atomic mass is 10.8. The van der Waals surface area contributed by atoms with Crippen molar-refractivity contribution in [2.24, 2.45) is 0 Å². The highest BCUT2D eigenvalue weighted by Gasteiger charge is 2.43. The first-order valence-corrected chi connectivity index (χ1v) is 7.71. The zero-order valence-corrected chi connectivity index (χ0v) is 9.63. The van der Waals surface area contributed by atoms with Crippen molar-refractivity contribution < 1.29 is 14.3 Å². The third kappa shape index (κ3) is 1.87. The minimum absolute atomic E-state index is 0.0972. The summed E-state index contributed by atoms with van der Waals surface area (Å²) in [5.74, 6) is 0. The van der Waals surface area contributed by atoms with Gasteiger partial charge >= 0.3 is 6.16 Å². The number of cyclic esters (lactones) is 2. The van der Waals surface area contributed by atoms with Crippen molar-refractivity contribution in [2.75, 3.05) is 6.61 Å². The number of hydrogen-bond acceptors (Lipinski definition) is 3. The number of rotatable bonds is 4. The molecule has 0 radical (unpaired) electrons. The molecule has 1 atom stereocenters. The molecular formula is C9H18O3Si. The molecule has 1 aliphatic rings. The van der Waals surface area contributed by atoms with E-state index in [9.17, 15) is 4.79 Å². The van der Waals surface area contributed by atoms with Gasteiger partial charge < -0.3 is 9.47 Å². The molecule has 76 valence electrons. The molecule has 1 unspecified atom stereocenters. The van der Waals surface area contributed by atoms with E-state index in [1.165, 1.54) is 18.1 Å². The summed E-state index contributed by atoms with van der Waals surface area (Å²) in [5, 5.41) is 0. The molecule has 0 aromatic heterocycles. The van der Waals surface area contributed by atoms with Crippen LogP contribution in [0, 0.1) is 0 Å². The van der Waals surface area contributed by atoms with Gasteiger partial charge in [-0.2, -0.15) is 0 Å². The van der Waals surface area contributed by atoms with Gasteiger partial charge in [0.25, 0.3) is 0 Å². The molecule has 0 spiro atoms. The smallest absolute Gasteiger partial charge is 0.431 e. The maximum atomic E-state index is 10.8. The van der Waals surface area contributed by atoms with E-state index in [1.807, 2.05) is 0 Å². The van der Waals surface area contributed by atoms with Crippen LogP contribution in [-0.2, 0) is 9.47 Å². The Morgan fingerprint density at radius 2 is 1.85 bits per heavy atom. The van der Waals surface area contributed by atoms with Crippen molar-refractivity contribution in [1.29, 1.82) is 0 Å². The molecule has 0 bridgehead atoms. The van der Waals surface area contributed by atoms with Gasteiger partial charge in [-0.15, -0.1) is 0 Å². The maximum Gasteiger partial charge on any atom is 0.508 e. The first-order valence-electron chi connectivity index (χ1n) is 5.02. The molecule has 4 heteroatoms. The fourth-order valence-electron chi connectivity index (χ4n) is 2.06. The number of carbonyl (C=O) groups excluding carboxylic acids is 1. The van der Waals surface area contributed by atoms with Crippen molar-refractivity contribution in [2.45, 2.75) is 44.6 Å². The van der Waals surface area contributed by atoms with Gasteiger partial charge in [0.05, 0.1) is 0 Å². The second kappa shape index (κ2) is 4.13. The Balaban J connectivity index is 2.69. The largest absolute Gasteiger partial charge is 0.508 e. The summed E-state index contributed by atoms with van der Waals surface area (Å²) in [4.78, 5) is 10.8. The van der Waals surface area contributed by atoms with Crippen molar-refractivity contribution in [3.05, 3.63) is 0 Å². The fraction of sp³-hybridized carbons (Fsp3) is 0.889. The lowest BCUT2D eigenvalue weighted by Gasteiger charge is -2.31. The fourth-order valence-corrected chi connectivity index (χ4v) is 5.71. The third-order valence-electron chi connectivity index (χ3n) is 3.39. The van der Waals surface area contributed by atoms with E-state index < -0.39 is 14.2 Å². The molecule has 0 aromatic carbocycles. The van der Waals surface area contributed by atoms with Gasteiger partial charge in [0, 0.05) is 0 Å². The lowest BCUT2D eigenvalue weighted by molar-refractivity contribution is 0.127. The summed E-state index contributed by atoms with van der Waals surface area (Å²) >= 11 is 0. The summed E-state index contributed by atoms with van der Waals surface area (Å²) in [6.07, 6.45) is -0.475. The van der Waals surface area contributed by atoms with Gasteiger partial charge in [-0.25, -0.2) is 4.79 Å². The summed E-state index contributed by atoms with van der Waals surface area (Å²) in [6.45, 7) is 7.09. The topological polar surface area (TPSA) is 35.5 Å². The summed E-state index contributed by atoms with van der Waals surface area (Å²) in [5.41, 5.74) is 0.0972. The second-order valence-electron chi connectivity index (χ2n) is 3.59. The molecule has 13 heavy (non-hydrogen) atoms. The zero-order valence-electron chi connectivity index (χ0n) is 8.63. The molecule has 1 aliphatic heterocycles. The zero-order chi connectivity index (χ0) is 9.90. The predicted molar refractivity (Wildman–Crippen MR) is 53.4 cm³/mol. The summed E-state index contributed by atoms with van der Waals surface area (Å²) < 4.78 is 10.1. The van der Waals surface area contributed by atoms with Crippen molar-refractivity contribution in [3.63, 3.8) is 0 Å². The minimum Gasteiger partial charge on any atom is -0.431 e. The Morgan fingerprint density at radius 3 is 2.15 bits per heavy atom. The number of ether oxygens (including phenoxy) is 2. The Hall–Kier alpha value is -0.513. The number of hydrogen-bond donors (Lipinski definition) is 0. The molecule has 1 heterocycles. The van der Waals surface area contributed by atoms with Gasteiger partial charge in [0.2, 0.25) is 0 Å². The van der Waals surface area contributed by atoms with Crippen LogP contribution in [0.25, 0.3) is 0 Å². The van der Waals surface area contributed by atoms with Crippen LogP contribution < -0.4 is 0 Å². The summed E-state index contributed by atoms with van der Waals surface area (Å²) in [6, 6.07) is 3.50. The summed E-state index contributed by atoms with van der Waals surface area (Å²) in [7, 11) is -1.39. The van der Waals surface area contributed by atoms with E-state index in [0.717, 1.165) is 0 Å². The van der Waals surface area contributed by atoms with E-state index >= 15 is 0 Å². The van der Waals surface area contributed by atoms with Crippen LogP contribution >= 0.6 is 0 Å². The number of carbonyl (C=O) groups is 1. The van der Waals surface area contributed by atoms with Crippen LogP contribution in [0.5, 0.6) is 0 Å². The average molecular weight is 202 g/mol. The standard InChI is InChI=1S/C9H18O3Si/c1-4-13(5-2,6-3)8-7-11-9(10)12-8/h8H,4-7H2,1-3H3. The van der Waals surface area contributed by atoms with E-state index in [-0.39, 0.29) is 5.73 Å². The molecule has 0 aliphatic carbocycles. The monoisotopic (exact) mass is 202 g/mol. The van der Waals surface area contributed by atoms with Crippen LogP contribution in [0.2, 0.25) is 18.1 Å². The SMILES string of the molecule is CC[Si](CC)(CC)C1COC(=O)O1. The van der Waals surface area contributed by atoms with Crippen LogP contribution in [0.3, 0.4) is 0 Å². The highest BCUT2D eigenvalue weighted by molar-refractivity contribution is 6.81. The minimum atomic E-state index is -1.39. The molecular weight excluding hydrogens is 184 g/mol. The van der Waals surface area contributed by atoms with Gasteiger partial charge in [-0.3, -0.25) is 0 Å². The lowest BCUT2D eigenvalue weighted by Crippen LogP contribution is -2.47. The van der Waals surface area contributed by atoms with E-state index in [0.29, 0.717) is 6.61 Å². The van der Waals surface area contributed by atoms with Crippen LogP contribution in [0.4, 0.5) is 4.79 Å². The molecule has 0 aromatic rings. The van der Waals surface area contributed by atoms with Crippen molar-refractivity contribution in [3.8, 4) is 0 Å². The molecule has 0 saturated carbocycles. The second-order valence-corrected chi connectivity index (χ2v) is 9.08. The van der Waals surface area contributed by atoms with E-state index in [1.54, 1.807) is 0 Å². The predicted octanol–water partition coefficient (Wildman–Crippen LogP) is 2.57. The first kappa shape index (κ1) is 10.6. The van der Waals surface area contributed by atoms with Gasteiger partial charge in [-0.1, -0.05) is 38.9 Å².